The summed E-state index contributed by atoms with van der Waals surface area (Å²) < 4.78 is 38.0. The van der Waals surface area contributed by atoms with Crippen molar-refractivity contribution in [2.75, 3.05) is 19.6 Å². The largest absolute Gasteiger partial charge is 0.416 e. The highest BCUT2D eigenvalue weighted by Crippen LogP contribution is 2.29. The maximum absolute atomic E-state index is 12.7. The summed E-state index contributed by atoms with van der Waals surface area (Å²) in [7, 11) is 0. The van der Waals surface area contributed by atoms with Gasteiger partial charge in [0.15, 0.2) is 0 Å². The molecule has 4 nitrogen and oxygen atoms in total. The van der Waals surface area contributed by atoms with Crippen LogP contribution in [0.5, 0.6) is 0 Å². The van der Waals surface area contributed by atoms with Crippen molar-refractivity contribution in [2.24, 2.45) is 5.92 Å². The van der Waals surface area contributed by atoms with Crippen molar-refractivity contribution in [2.45, 2.75) is 25.4 Å². The molecule has 1 aliphatic rings. The maximum Gasteiger partial charge on any atom is 0.416 e. The first-order valence-electron chi connectivity index (χ1n) is 9.73. The Bertz CT molecular complexity index is 892. The number of hydrogen-bond donors (Lipinski definition) is 1. The Labute approximate surface area is 178 Å². The summed E-state index contributed by atoms with van der Waals surface area (Å²) in [6, 6.07) is 11.7. The molecule has 3 rings (SSSR count). The summed E-state index contributed by atoms with van der Waals surface area (Å²) in [5, 5.41) is 3.58. The summed E-state index contributed by atoms with van der Waals surface area (Å²) in [6.07, 6.45) is -2.71. The molecule has 1 heterocycles. The molecule has 160 valence electrons. The number of nitrogens with zero attached hydrogens (tertiary/aromatic N) is 1. The van der Waals surface area contributed by atoms with Crippen molar-refractivity contribution < 1.29 is 22.8 Å². The van der Waals surface area contributed by atoms with Crippen molar-refractivity contribution in [1.82, 2.24) is 10.2 Å². The second-order valence-corrected chi connectivity index (χ2v) is 7.75. The van der Waals surface area contributed by atoms with E-state index in [0.29, 0.717) is 43.9 Å². The molecule has 1 saturated heterocycles. The quantitative estimate of drug-likeness (QED) is 0.743. The van der Waals surface area contributed by atoms with Gasteiger partial charge in [0.25, 0.3) is 5.91 Å². The van der Waals surface area contributed by atoms with Crippen LogP contribution in [0.25, 0.3) is 0 Å². The van der Waals surface area contributed by atoms with Crippen molar-refractivity contribution in [3.05, 3.63) is 70.2 Å². The van der Waals surface area contributed by atoms with Gasteiger partial charge in [-0.05, 0) is 61.2 Å². The second-order valence-electron chi connectivity index (χ2n) is 7.31. The Morgan fingerprint density at radius 1 is 1.07 bits per heavy atom. The molecular formula is C22H22ClF3N2O2. The Balaban J connectivity index is 1.45. The van der Waals surface area contributed by atoms with Crippen LogP contribution in [0.4, 0.5) is 13.2 Å². The Morgan fingerprint density at radius 2 is 1.73 bits per heavy atom. The van der Waals surface area contributed by atoms with Gasteiger partial charge in [-0.15, -0.1) is 0 Å². The van der Waals surface area contributed by atoms with Crippen LogP contribution >= 0.6 is 11.6 Å². The number of likely N-dealkylation sites (tertiary alicyclic amines) is 1. The van der Waals surface area contributed by atoms with Crippen LogP contribution in [0.2, 0.25) is 5.02 Å². The van der Waals surface area contributed by atoms with E-state index in [1.165, 1.54) is 12.1 Å². The third-order valence-electron chi connectivity index (χ3n) is 5.21. The highest BCUT2D eigenvalue weighted by Gasteiger charge is 2.31. The number of hydrogen-bond acceptors (Lipinski definition) is 2. The van der Waals surface area contributed by atoms with Crippen molar-refractivity contribution >= 4 is 23.4 Å². The van der Waals surface area contributed by atoms with Crippen LogP contribution < -0.4 is 5.32 Å². The van der Waals surface area contributed by atoms with Crippen LogP contribution in [0, 0.1) is 5.92 Å². The molecule has 8 heteroatoms. The van der Waals surface area contributed by atoms with Gasteiger partial charge in [-0.25, -0.2) is 0 Å². The molecule has 0 radical (unpaired) electrons. The number of piperidine rings is 1. The summed E-state index contributed by atoms with van der Waals surface area (Å²) in [4.78, 5) is 26.5. The van der Waals surface area contributed by atoms with E-state index in [1.54, 1.807) is 11.0 Å². The minimum atomic E-state index is -4.43. The van der Waals surface area contributed by atoms with Crippen LogP contribution in [0.1, 0.15) is 34.3 Å². The molecule has 2 aromatic rings. The molecule has 0 saturated carbocycles. The highest BCUT2D eigenvalue weighted by molar-refractivity contribution is 6.30. The van der Waals surface area contributed by atoms with E-state index in [9.17, 15) is 22.8 Å². The molecule has 30 heavy (non-hydrogen) atoms. The molecule has 0 bridgehead atoms. The fraction of sp³-hybridized carbons (Fsp3) is 0.364. The standard InChI is InChI=1S/C22H22ClF3N2O2/c23-19-3-1-2-15(14-19)8-11-27-20(29)16-9-12-28(13-10-16)21(30)17-4-6-18(7-5-17)22(24,25)26/h1-7,14,16H,8-13H2,(H,27,29). The zero-order valence-corrected chi connectivity index (χ0v) is 17.0. The van der Waals surface area contributed by atoms with Gasteiger partial charge in [-0.1, -0.05) is 23.7 Å². The summed E-state index contributed by atoms with van der Waals surface area (Å²) in [5.74, 6) is -0.539. The van der Waals surface area contributed by atoms with Gasteiger partial charge >= 0.3 is 6.18 Å². The lowest BCUT2D eigenvalue weighted by Crippen LogP contribution is -2.43. The minimum absolute atomic E-state index is 0.0429. The van der Waals surface area contributed by atoms with E-state index in [-0.39, 0.29) is 23.3 Å². The highest BCUT2D eigenvalue weighted by atomic mass is 35.5. The third kappa shape index (κ3) is 5.75. The topological polar surface area (TPSA) is 49.4 Å². The molecule has 0 atom stereocenters. The van der Waals surface area contributed by atoms with E-state index in [4.69, 9.17) is 11.6 Å². The molecular weight excluding hydrogens is 417 g/mol. The van der Waals surface area contributed by atoms with Gasteiger partial charge in [0.05, 0.1) is 5.56 Å². The lowest BCUT2D eigenvalue weighted by Gasteiger charge is -2.31. The predicted molar refractivity (Wildman–Crippen MR) is 108 cm³/mol. The fourth-order valence-corrected chi connectivity index (χ4v) is 3.71. The number of halogens is 4. The lowest BCUT2D eigenvalue weighted by molar-refractivity contribution is -0.137. The van der Waals surface area contributed by atoms with Gasteiger partial charge in [-0.3, -0.25) is 9.59 Å². The Kier molecular flexibility index (Phi) is 7.02. The maximum atomic E-state index is 12.7. The molecule has 0 spiro atoms. The molecule has 0 aliphatic carbocycles. The zero-order chi connectivity index (χ0) is 21.7. The first-order valence-corrected chi connectivity index (χ1v) is 10.1. The van der Waals surface area contributed by atoms with Crippen molar-refractivity contribution in [1.29, 1.82) is 0 Å². The number of benzene rings is 2. The number of carbonyl (C=O) groups excluding carboxylic acids is 2. The predicted octanol–water partition coefficient (Wildman–Crippen LogP) is 4.57. The molecule has 0 aromatic heterocycles. The number of rotatable bonds is 5. The number of carbonyl (C=O) groups is 2. The first-order chi connectivity index (χ1) is 14.2. The smallest absolute Gasteiger partial charge is 0.356 e. The SMILES string of the molecule is O=C(NCCc1cccc(Cl)c1)C1CCN(C(=O)c2ccc(C(F)(F)F)cc2)CC1. The van der Waals surface area contributed by atoms with Crippen LogP contribution in [-0.2, 0) is 17.4 Å². The molecule has 2 aromatic carbocycles. The van der Waals surface area contributed by atoms with Crippen LogP contribution in [0.15, 0.2) is 48.5 Å². The minimum Gasteiger partial charge on any atom is -0.356 e. The van der Waals surface area contributed by atoms with Gasteiger partial charge in [0.2, 0.25) is 5.91 Å². The van der Waals surface area contributed by atoms with Crippen molar-refractivity contribution in [3.8, 4) is 0 Å². The van der Waals surface area contributed by atoms with E-state index in [2.05, 4.69) is 5.32 Å². The normalized spacial score (nSPS) is 15.1. The summed E-state index contributed by atoms with van der Waals surface area (Å²) in [6.45, 7) is 1.29. The van der Waals surface area contributed by atoms with Gasteiger partial charge in [0.1, 0.15) is 0 Å². The van der Waals surface area contributed by atoms with Gasteiger partial charge < -0.3 is 10.2 Å². The monoisotopic (exact) mass is 438 g/mol. The average Bonchev–Trinajstić information content (AvgIpc) is 2.73. The van der Waals surface area contributed by atoms with E-state index >= 15 is 0 Å². The number of alkyl halides is 3. The molecule has 1 aliphatic heterocycles. The summed E-state index contributed by atoms with van der Waals surface area (Å²) >= 11 is 5.95. The van der Waals surface area contributed by atoms with Crippen molar-refractivity contribution in [3.63, 3.8) is 0 Å². The van der Waals surface area contributed by atoms with E-state index < -0.39 is 11.7 Å². The first kappa shape index (κ1) is 22.2. The molecule has 2 amide bonds. The Morgan fingerprint density at radius 3 is 2.33 bits per heavy atom. The van der Waals surface area contributed by atoms with Gasteiger partial charge in [0, 0.05) is 36.1 Å². The molecule has 1 N–H and O–H groups in total. The fourth-order valence-electron chi connectivity index (χ4n) is 3.50. The molecule has 0 unspecified atom stereocenters. The second kappa shape index (κ2) is 9.51. The average molecular weight is 439 g/mol. The number of nitrogens with one attached hydrogen (secondary N) is 1. The Hall–Kier alpha value is -2.54. The van der Waals surface area contributed by atoms with Gasteiger partial charge in [-0.2, -0.15) is 13.2 Å². The van der Waals surface area contributed by atoms with E-state index in [1.807, 2.05) is 18.2 Å². The molecule has 1 fully saturated rings. The van der Waals surface area contributed by atoms with Crippen LogP contribution in [-0.4, -0.2) is 36.3 Å². The zero-order valence-electron chi connectivity index (χ0n) is 16.2. The van der Waals surface area contributed by atoms with E-state index in [0.717, 1.165) is 17.7 Å². The number of amides is 2. The van der Waals surface area contributed by atoms with Crippen LogP contribution in [0.3, 0.4) is 0 Å². The lowest BCUT2D eigenvalue weighted by atomic mass is 9.95. The summed E-state index contributed by atoms with van der Waals surface area (Å²) in [5.41, 5.74) is 0.472. The third-order valence-corrected chi connectivity index (χ3v) is 5.45.